The number of hydrogen-bond acceptors (Lipinski definition) is 5. The second-order valence-electron chi connectivity index (χ2n) is 4.43. The number of aromatic nitrogens is 1. The molecule has 0 saturated heterocycles. The molecule has 1 rings (SSSR count). The lowest BCUT2D eigenvalue weighted by molar-refractivity contribution is -0.138. The highest BCUT2D eigenvalue weighted by molar-refractivity contribution is 7.09. The van der Waals surface area contributed by atoms with Gasteiger partial charge in [0.1, 0.15) is 5.01 Å². The van der Waals surface area contributed by atoms with E-state index in [1.165, 1.54) is 18.4 Å². The Kier molecular flexibility index (Phi) is 6.86. The van der Waals surface area contributed by atoms with Crippen LogP contribution in [0.1, 0.15) is 43.0 Å². The van der Waals surface area contributed by atoms with Crippen LogP contribution in [0.5, 0.6) is 0 Å². The Labute approximate surface area is 121 Å². The average molecular weight is 297 g/mol. The molecule has 2 amide bonds. The highest BCUT2D eigenvalue weighted by Gasteiger charge is 2.27. The van der Waals surface area contributed by atoms with Gasteiger partial charge in [-0.05, 0) is 12.8 Å². The van der Waals surface area contributed by atoms with E-state index < -0.39 is 17.6 Å². The lowest BCUT2D eigenvalue weighted by Crippen LogP contribution is -2.32. The fourth-order valence-electron chi connectivity index (χ4n) is 1.88. The van der Waals surface area contributed by atoms with Gasteiger partial charge in [-0.2, -0.15) is 0 Å². The molecule has 20 heavy (non-hydrogen) atoms. The number of thiazole rings is 1. The highest BCUT2D eigenvalue weighted by atomic mass is 32.1. The van der Waals surface area contributed by atoms with E-state index >= 15 is 0 Å². The van der Waals surface area contributed by atoms with Gasteiger partial charge >= 0.3 is 0 Å². The monoisotopic (exact) mass is 297 g/mol. The van der Waals surface area contributed by atoms with E-state index in [1.807, 2.05) is 0 Å². The molecule has 3 N–H and O–H groups in total. The molecule has 1 atom stereocenters. The zero-order chi connectivity index (χ0) is 15.0. The van der Waals surface area contributed by atoms with Crippen LogP contribution in [0.3, 0.4) is 0 Å². The molecule has 1 aromatic rings. The molecule has 110 valence electrons. The van der Waals surface area contributed by atoms with Crippen LogP contribution in [-0.4, -0.2) is 29.6 Å². The zero-order valence-electron chi connectivity index (χ0n) is 11.4. The number of unbranched alkanes of at least 4 members (excludes halogenated alkanes) is 2. The lowest BCUT2D eigenvalue weighted by Gasteiger charge is -2.12. The summed E-state index contributed by atoms with van der Waals surface area (Å²) in [4.78, 5) is 38.3. The minimum atomic E-state index is -0.595. The van der Waals surface area contributed by atoms with E-state index in [4.69, 9.17) is 5.73 Å². The van der Waals surface area contributed by atoms with Gasteiger partial charge in [0.15, 0.2) is 0 Å². The maximum Gasteiger partial charge on any atom is 0.287 e. The maximum atomic E-state index is 12.0. The van der Waals surface area contributed by atoms with Gasteiger partial charge in [-0.3, -0.25) is 14.4 Å². The summed E-state index contributed by atoms with van der Waals surface area (Å²) in [7, 11) is 1.44. The molecule has 1 aromatic heterocycles. The van der Waals surface area contributed by atoms with E-state index in [0.29, 0.717) is 24.3 Å². The second-order valence-corrected chi connectivity index (χ2v) is 5.36. The predicted molar refractivity (Wildman–Crippen MR) is 76.2 cm³/mol. The Bertz CT molecular complexity index is 459. The van der Waals surface area contributed by atoms with Gasteiger partial charge in [0.25, 0.3) is 5.91 Å². The molecule has 1 heterocycles. The third-order valence-electron chi connectivity index (χ3n) is 2.93. The first kappa shape index (κ1) is 16.3. The number of amides is 2. The second kappa shape index (κ2) is 8.42. The topological polar surface area (TPSA) is 102 Å². The van der Waals surface area contributed by atoms with Gasteiger partial charge < -0.3 is 11.1 Å². The van der Waals surface area contributed by atoms with Gasteiger partial charge in [-0.1, -0.05) is 12.8 Å². The Hall–Kier alpha value is -1.76. The molecule has 0 aliphatic heterocycles. The SMILES string of the molecule is CNC(=O)C(=O)C(CCCCCC(N)=O)c1nccs1. The van der Waals surface area contributed by atoms with Crippen molar-refractivity contribution in [2.45, 2.75) is 38.0 Å². The quantitative estimate of drug-likeness (QED) is 0.524. The van der Waals surface area contributed by atoms with Crippen molar-refractivity contribution >= 4 is 28.9 Å². The number of nitrogens with zero attached hydrogens (tertiary/aromatic N) is 1. The van der Waals surface area contributed by atoms with Gasteiger partial charge in [-0.15, -0.1) is 11.3 Å². The number of nitrogens with two attached hydrogens (primary N) is 1. The summed E-state index contributed by atoms with van der Waals surface area (Å²) in [5, 5.41) is 4.80. The molecule has 0 saturated carbocycles. The smallest absolute Gasteiger partial charge is 0.287 e. The van der Waals surface area contributed by atoms with E-state index in [2.05, 4.69) is 10.3 Å². The van der Waals surface area contributed by atoms with Crippen LogP contribution in [0.25, 0.3) is 0 Å². The number of carbonyl (C=O) groups is 3. The summed E-state index contributed by atoms with van der Waals surface area (Å²) in [6.07, 6.45) is 4.78. The summed E-state index contributed by atoms with van der Waals surface area (Å²) in [5.41, 5.74) is 5.06. The van der Waals surface area contributed by atoms with Crippen LogP contribution in [-0.2, 0) is 14.4 Å². The highest BCUT2D eigenvalue weighted by Crippen LogP contribution is 2.25. The van der Waals surface area contributed by atoms with Gasteiger partial charge in [-0.25, -0.2) is 4.98 Å². The van der Waals surface area contributed by atoms with Crippen LogP contribution < -0.4 is 11.1 Å². The number of nitrogens with one attached hydrogen (secondary N) is 1. The van der Waals surface area contributed by atoms with E-state index in [1.54, 1.807) is 11.6 Å². The maximum absolute atomic E-state index is 12.0. The fraction of sp³-hybridized carbons (Fsp3) is 0.538. The number of primary amides is 1. The zero-order valence-corrected chi connectivity index (χ0v) is 12.2. The molecule has 0 bridgehead atoms. The van der Waals surface area contributed by atoms with Crippen LogP contribution in [0.4, 0.5) is 0 Å². The molecular formula is C13H19N3O3S. The normalized spacial score (nSPS) is 11.8. The molecule has 0 aliphatic carbocycles. The van der Waals surface area contributed by atoms with Crippen molar-refractivity contribution in [1.82, 2.24) is 10.3 Å². The number of hydrogen-bond donors (Lipinski definition) is 2. The number of carbonyl (C=O) groups excluding carboxylic acids is 3. The first-order valence-corrected chi connectivity index (χ1v) is 7.37. The van der Waals surface area contributed by atoms with Crippen molar-refractivity contribution in [3.8, 4) is 0 Å². The Morgan fingerprint density at radius 3 is 2.65 bits per heavy atom. The van der Waals surface area contributed by atoms with E-state index in [0.717, 1.165) is 12.8 Å². The van der Waals surface area contributed by atoms with Crippen molar-refractivity contribution in [3.05, 3.63) is 16.6 Å². The van der Waals surface area contributed by atoms with Crippen LogP contribution in [0.15, 0.2) is 11.6 Å². The van der Waals surface area contributed by atoms with Gasteiger partial charge in [0.05, 0.1) is 5.92 Å². The third-order valence-corrected chi connectivity index (χ3v) is 3.82. The summed E-state index contributed by atoms with van der Waals surface area (Å²) >= 11 is 1.37. The van der Waals surface area contributed by atoms with Crippen LogP contribution in [0, 0.1) is 0 Å². The van der Waals surface area contributed by atoms with Crippen LogP contribution >= 0.6 is 11.3 Å². The van der Waals surface area contributed by atoms with Crippen molar-refractivity contribution in [2.75, 3.05) is 7.05 Å². The Morgan fingerprint density at radius 2 is 2.10 bits per heavy atom. The molecule has 0 fully saturated rings. The molecule has 6 nitrogen and oxygen atoms in total. The van der Waals surface area contributed by atoms with Crippen LogP contribution in [0.2, 0.25) is 0 Å². The molecule has 0 spiro atoms. The van der Waals surface area contributed by atoms with Crippen molar-refractivity contribution in [3.63, 3.8) is 0 Å². The van der Waals surface area contributed by atoms with Crippen molar-refractivity contribution in [1.29, 1.82) is 0 Å². The third kappa shape index (κ3) is 5.08. The summed E-state index contributed by atoms with van der Waals surface area (Å²) in [5.74, 6) is -1.87. The Morgan fingerprint density at radius 1 is 1.35 bits per heavy atom. The fourth-order valence-corrected chi connectivity index (χ4v) is 2.65. The standard InChI is InChI=1S/C13H19N3O3S/c1-15-12(19)11(18)9(13-16-7-8-20-13)5-3-2-4-6-10(14)17/h7-9H,2-6H2,1H3,(H2,14,17)(H,15,19). The molecule has 0 radical (unpaired) electrons. The molecule has 0 aliphatic rings. The number of rotatable bonds is 9. The molecule has 1 unspecified atom stereocenters. The Balaban J connectivity index is 2.54. The first-order chi connectivity index (χ1) is 9.56. The van der Waals surface area contributed by atoms with Gasteiger partial charge in [0, 0.05) is 25.0 Å². The molecular weight excluding hydrogens is 278 g/mol. The average Bonchev–Trinajstić information content (AvgIpc) is 2.94. The number of likely N-dealkylation sites (N-methyl/N-ethyl adjacent to an activating group) is 1. The minimum absolute atomic E-state index is 0.317. The number of Topliss-reactive ketones (excluding diaryl/α,β-unsaturated/α-hetero) is 1. The van der Waals surface area contributed by atoms with Crippen molar-refractivity contribution in [2.24, 2.45) is 5.73 Å². The summed E-state index contributed by atoms with van der Waals surface area (Å²) in [6.45, 7) is 0. The minimum Gasteiger partial charge on any atom is -0.370 e. The first-order valence-electron chi connectivity index (χ1n) is 6.50. The van der Waals surface area contributed by atoms with E-state index in [-0.39, 0.29) is 5.91 Å². The lowest BCUT2D eigenvalue weighted by atomic mass is 9.96. The summed E-state index contributed by atoms with van der Waals surface area (Å²) < 4.78 is 0. The van der Waals surface area contributed by atoms with Gasteiger partial charge in [0.2, 0.25) is 11.7 Å². The van der Waals surface area contributed by atoms with E-state index in [9.17, 15) is 14.4 Å². The molecule has 0 aromatic carbocycles. The largest absolute Gasteiger partial charge is 0.370 e. The van der Waals surface area contributed by atoms with Crippen molar-refractivity contribution < 1.29 is 14.4 Å². The molecule has 7 heteroatoms. The summed E-state index contributed by atoms with van der Waals surface area (Å²) in [6, 6.07) is 0. The predicted octanol–water partition coefficient (Wildman–Crippen LogP) is 0.978. The number of ketones is 1.